The molecule has 0 amide bonds. The van der Waals surface area contributed by atoms with Gasteiger partial charge < -0.3 is 5.32 Å². The molecule has 1 nitrogen and oxygen atoms in total. The first-order valence-electron chi connectivity index (χ1n) is 5.71. The fraction of sp³-hybridized carbons (Fsp3) is 0.429. The van der Waals surface area contributed by atoms with Crippen molar-refractivity contribution in [3.63, 3.8) is 0 Å². The number of likely N-dealkylation sites (N-methyl/N-ethyl adjacent to an activating group) is 1. The second-order valence-corrected chi connectivity index (χ2v) is 4.89. The van der Waals surface area contributed by atoms with Crippen LogP contribution in [-0.4, -0.2) is 12.6 Å². The second-order valence-electron chi connectivity index (χ2n) is 4.89. The van der Waals surface area contributed by atoms with Gasteiger partial charge in [-0.25, -0.2) is 4.39 Å². The molecular weight excluding hydrogens is 201 g/mol. The van der Waals surface area contributed by atoms with Crippen LogP contribution in [0, 0.1) is 5.82 Å². The molecule has 86 valence electrons. The number of halogens is 1. The highest BCUT2D eigenvalue weighted by Crippen LogP contribution is 2.30. The van der Waals surface area contributed by atoms with E-state index < -0.39 is 0 Å². The standard InChI is InChI=1S/C14H18FN/c1-14(2,16-3)12-6-4-11-9-13(15)7-5-10(11)8-12/h5,7-9,16H,4,6H2,1-3H3. The van der Waals surface area contributed by atoms with Gasteiger partial charge in [-0.05, 0) is 62.6 Å². The molecule has 2 heteroatoms. The van der Waals surface area contributed by atoms with Gasteiger partial charge in [0.2, 0.25) is 0 Å². The van der Waals surface area contributed by atoms with Crippen molar-refractivity contribution in [2.45, 2.75) is 32.2 Å². The largest absolute Gasteiger partial charge is 0.311 e. The van der Waals surface area contributed by atoms with Gasteiger partial charge in [0.1, 0.15) is 5.82 Å². The summed E-state index contributed by atoms with van der Waals surface area (Å²) >= 11 is 0. The topological polar surface area (TPSA) is 12.0 Å². The lowest BCUT2D eigenvalue weighted by Crippen LogP contribution is -2.38. The van der Waals surface area contributed by atoms with Gasteiger partial charge in [-0.3, -0.25) is 0 Å². The summed E-state index contributed by atoms with van der Waals surface area (Å²) in [5.41, 5.74) is 3.68. The Morgan fingerprint density at radius 1 is 1.25 bits per heavy atom. The highest BCUT2D eigenvalue weighted by Gasteiger charge is 2.23. The Morgan fingerprint density at radius 3 is 2.69 bits per heavy atom. The van der Waals surface area contributed by atoms with E-state index in [0.717, 1.165) is 24.0 Å². The summed E-state index contributed by atoms with van der Waals surface area (Å²) in [6.07, 6.45) is 4.13. The average Bonchev–Trinajstić information content (AvgIpc) is 2.28. The zero-order valence-electron chi connectivity index (χ0n) is 10.1. The molecule has 1 aliphatic carbocycles. The number of hydrogen-bond donors (Lipinski definition) is 1. The number of fused-ring (bicyclic) bond motifs is 1. The van der Waals surface area contributed by atoms with E-state index in [-0.39, 0.29) is 11.4 Å². The lowest BCUT2D eigenvalue weighted by atomic mass is 9.83. The van der Waals surface area contributed by atoms with E-state index in [4.69, 9.17) is 0 Å². The molecule has 1 aromatic rings. The average molecular weight is 219 g/mol. The van der Waals surface area contributed by atoms with Gasteiger partial charge >= 0.3 is 0 Å². The van der Waals surface area contributed by atoms with Crippen molar-refractivity contribution < 1.29 is 4.39 Å². The van der Waals surface area contributed by atoms with Gasteiger partial charge in [-0.2, -0.15) is 0 Å². The third kappa shape index (κ3) is 2.03. The van der Waals surface area contributed by atoms with E-state index >= 15 is 0 Å². The molecule has 0 spiro atoms. The third-order valence-corrected chi connectivity index (χ3v) is 3.53. The highest BCUT2D eigenvalue weighted by molar-refractivity contribution is 5.61. The molecule has 2 rings (SSSR count). The summed E-state index contributed by atoms with van der Waals surface area (Å²) in [6, 6.07) is 5.05. The number of rotatable bonds is 2. The van der Waals surface area contributed by atoms with E-state index in [1.165, 1.54) is 11.6 Å². The van der Waals surface area contributed by atoms with Crippen molar-refractivity contribution >= 4 is 6.08 Å². The molecule has 0 radical (unpaired) electrons. The molecule has 1 aliphatic rings. The maximum absolute atomic E-state index is 13.1. The third-order valence-electron chi connectivity index (χ3n) is 3.53. The molecule has 1 aromatic carbocycles. The second kappa shape index (κ2) is 4.02. The molecule has 0 bridgehead atoms. The SMILES string of the molecule is CNC(C)(C)C1=Cc2ccc(F)cc2CC1. The Morgan fingerprint density at radius 2 is 2.00 bits per heavy atom. The molecule has 0 saturated carbocycles. The normalized spacial score (nSPS) is 15.6. The number of benzene rings is 1. The fourth-order valence-corrected chi connectivity index (χ4v) is 2.11. The summed E-state index contributed by atoms with van der Waals surface area (Å²) in [6.45, 7) is 4.35. The monoisotopic (exact) mass is 219 g/mol. The molecule has 0 atom stereocenters. The Hall–Kier alpha value is -1.15. The maximum Gasteiger partial charge on any atom is 0.123 e. The van der Waals surface area contributed by atoms with Crippen molar-refractivity contribution in [2.75, 3.05) is 7.05 Å². The van der Waals surface area contributed by atoms with Crippen LogP contribution in [0.4, 0.5) is 4.39 Å². The van der Waals surface area contributed by atoms with Gasteiger partial charge in [-0.1, -0.05) is 12.1 Å². The van der Waals surface area contributed by atoms with Gasteiger partial charge in [-0.15, -0.1) is 0 Å². The molecule has 0 saturated heterocycles. The van der Waals surface area contributed by atoms with Crippen LogP contribution >= 0.6 is 0 Å². The minimum absolute atomic E-state index is 0.0199. The van der Waals surface area contributed by atoms with Crippen LogP contribution in [0.25, 0.3) is 6.08 Å². The molecule has 0 fully saturated rings. The Labute approximate surface area is 96.4 Å². The molecule has 1 N–H and O–H groups in total. The first-order chi connectivity index (χ1) is 7.53. The molecule has 16 heavy (non-hydrogen) atoms. The maximum atomic E-state index is 13.1. The predicted octanol–water partition coefficient (Wildman–Crippen LogP) is 3.15. The van der Waals surface area contributed by atoms with Crippen LogP contribution in [0.3, 0.4) is 0 Å². The molecule has 0 heterocycles. The van der Waals surface area contributed by atoms with E-state index in [0.29, 0.717) is 0 Å². The summed E-state index contributed by atoms with van der Waals surface area (Å²) in [7, 11) is 1.97. The summed E-state index contributed by atoms with van der Waals surface area (Å²) in [4.78, 5) is 0. The van der Waals surface area contributed by atoms with Crippen LogP contribution in [0.5, 0.6) is 0 Å². The number of hydrogen-bond acceptors (Lipinski definition) is 1. The van der Waals surface area contributed by atoms with Crippen LogP contribution in [0.15, 0.2) is 23.8 Å². The first-order valence-corrected chi connectivity index (χ1v) is 5.71. The lowest BCUT2D eigenvalue weighted by Gasteiger charge is -2.30. The van der Waals surface area contributed by atoms with Crippen LogP contribution in [0.1, 0.15) is 31.4 Å². The minimum Gasteiger partial charge on any atom is -0.311 e. The Bertz CT molecular complexity index is 432. The first kappa shape index (κ1) is 11.3. The molecule has 0 aliphatic heterocycles. The Kier molecular flexibility index (Phi) is 2.85. The number of nitrogens with one attached hydrogen (secondary N) is 1. The van der Waals surface area contributed by atoms with Gasteiger partial charge in [0.05, 0.1) is 0 Å². The lowest BCUT2D eigenvalue weighted by molar-refractivity contribution is 0.481. The fourth-order valence-electron chi connectivity index (χ4n) is 2.11. The van der Waals surface area contributed by atoms with Crippen molar-refractivity contribution in [3.8, 4) is 0 Å². The van der Waals surface area contributed by atoms with Crippen molar-refractivity contribution in [1.82, 2.24) is 5.32 Å². The van der Waals surface area contributed by atoms with Crippen LogP contribution in [-0.2, 0) is 6.42 Å². The molecular formula is C14H18FN. The minimum atomic E-state index is -0.136. The Balaban J connectivity index is 2.39. The van der Waals surface area contributed by atoms with Crippen LogP contribution in [0.2, 0.25) is 0 Å². The molecule has 0 unspecified atom stereocenters. The zero-order valence-corrected chi connectivity index (χ0v) is 10.1. The van der Waals surface area contributed by atoms with E-state index in [9.17, 15) is 4.39 Å². The van der Waals surface area contributed by atoms with Gasteiger partial charge in [0.15, 0.2) is 0 Å². The summed E-state index contributed by atoms with van der Waals surface area (Å²) in [5.74, 6) is -0.136. The summed E-state index contributed by atoms with van der Waals surface area (Å²) < 4.78 is 13.1. The predicted molar refractivity (Wildman–Crippen MR) is 65.8 cm³/mol. The zero-order chi connectivity index (χ0) is 11.8. The van der Waals surface area contributed by atoms with E-state index in [1.807, 2.05) is 13.1 Å². The van der Waals surface area contributed by atoms with Gasteiger partial charge in [0.25, 0.3) is 0 Å². The van der Waals surface area contributed by atoms with Crippen LogP contribution < -0.4 is 5.32 Å². The van der Waals surface area contributed by atoms with Crippen molar-refractivity contribution in [3.05, 3.63) is 40.7 Å². The van der Waals surface area contributed by atoms with E-state index in [2.05, 4.69) is 25.2 Å². The van der Waals surface area contributed by atoms with E-state index in [1.54, 1.807) is 6.07 Å². The quantitative estimate of drug-likeness (QED) is 0.805. The number of aryl methyl sites for hydroxylation is 1. The highest BCUT2D eigenvalue weighted by atomic mass is 19.1. The smallest absolute Gasteiger partial charge is 0.123 e. The van der Waals surface area contributed by atoms with Crippen molar-refractivity contribution in [2.24, 2.45) is 0 Å². The van der Waals surface area contributed by atoms with Crippen molar-refractivity contribution in [1.29, 1.82) is 0 Å². The summed E-state index contributed by atoms with van der Waals surface area (Å²) in [5, 5.41) is 3.31. The molecule has 0 aromatic heterocycles. The van der Waals surface area contributed by atoms with Gasteiger partial charge in [0, 0.05) is 5.54 Å².